The summed E-state index contributed by atoms with van der Waals surface area (Å²) in [5.41, 5.74) is 1.72. The third kappa shape index (κ3) is 6.96. The summed E-state index contributed by atoms with van der Waals surface area (Å²) >= 11 is 0. The van der Waals surface area contributed by atoms with Crippen molar-refractivity contribution in [2.24, 2.45) is 0 Å². The number of carboxylic acid groups (broad SMARTS) is 1. The van der Waals surface area contributed by atoms with Crippen LogP contribution in [0, 0.1) is 0 Å². The lowest BCUT2D eigenvalue weighted by molar-refractivity contribution is -0.136. The topological polar surface area (TPSA) is 125 Å². The van der Waals surface area contributed by atoms with Crippen molar-refractivity contribution in [3.8, 4) is 0 Å². The summed E-state index contributed by atoms with van der Waals surface area (Å²) in [6.45, 7) is 0.329. The fourth-order valence-electron chi connectivity index (χ4n) is 4.32. The van der Waals surface area contributed by atoms with E-state index in [1.807, 2.05) is 66.7 Å². The first-order valence-electron chi connectivity index (χ1n) is 12.1. The minimum atomic E-state index is -4.05. The van der Waals surface area contributed by atoms with Crippen LogP contribution in [0.25, 0.3) is 0 Å². The van der Waals surface area contributed by atoms with E-state index in [9.17, 15) is 18.0 Å². The van der Waals surface area contributed by atoms with Crippen LogP contribution in [0.3, 0.4) is 0 Å². The van der Waals surface area contributed by atoms with Crippen LogP contribution in [0.5, 0.6) is 0 Å². The Kier molecular flexibility index (Phi) is 8.40. The van der Waals surface area contributed by atoms with Gasteiger partial charge in [0.15, 0.2) is 0 Å². The third-order valence-corrected chi connectivity index (χ3v) is 7.69. The van der Waals surface area contributed by atoms with E-state index in [-0.39, 0.29) is 11.3 Å². The van der Waals surface area contributed by atoms with Gasteiger partial charge >= 0.3 is 12.0 Å². The van der Waals surface area contributed by atoms with Crippen LogP contribution in [-0.4, -0.2) is 25.5 Å². The van der Waals surface area contributed by atoms with Gasteiger partial charge in [0.2, 0.25) is 10.0 Å². The van der Waals surface area contributed by atoms with Gasteiger partial charge in [-0.15, -0.1) is 0 Å². The molecule has 0 heterocycles. The Morgan fingerprint density at radius 2 is 1.63 bits per heavy atom. The molecule has 3 aromatic carbocycles. The smallest absolute Gasteiger partial charge is 0.319 e. The number of urea groups is 1. The summed E-state index contributed by atoms with van der Waals surface area (Å²) in [6.07, 6.45) is 5.93. The molecular formula is C29H29N3O5S. The predicted octanol–water partition coefficient (Wildman–Crippen LogP) is 4.93. The number of nitrogens with one attached hydrogen (secondary N) is 3. The lowest BCUT2D eigenvalue weighted by Crippen LogP contribution is -2.45. The molecule has 8 nitrogen and oxygen atoms in total. The highest BCUT2D eigenvalue weighted by atomic mass is 32.2. The van der Waals surface area contributed by atoms with Gasteiger partial charge in [0.05, 0.1) is 10.4 Å². The zero-order valence-corrected chi connectivity index (χ0v) is 21.4. The van der Waals surface area contributed by atoms with Crippen LogP contribution in [0.2, 0.25) is 0 Å². The molecule has 2 amide bonds. The maximum Gasteiger partial charge on any atom is 0.319 e. The van der Waals surface area contributed by atoms with Crippen LogP contribution in [-0.2, 0) is 26.9 Å². The largest absolute Gasteiger partial charge is 0.481 e. The van der Waals surface area contributed by atoms with E-state index in [1.165, 1.54) is 12.1 Å². The fourth-order valence-corrected chi connectivity index (χ4v) is 5.72. The molecule has 0 fully saturated rings. The quantitative estimate of drug-likeness (QED) is 0.295. The van der Waals surface area contributed by atoms with Crippen LogP contribution in [0.1, 0.15) is 30.4 Å². The number of carbonyl (C=O) groups excluding carboxylic acids is 1. The molecule has 0 aromatic heterocycles. The van der Waals surface area contributed by atoms with Crippen LogP contribution in [0.4, 0.5) is 10.5 Å². The molecule has 4 N–H and O–H groups in total. The number of hydrogen-bond donors (Lipinski definition) is 4. The first-order valence-corrected chi connectivity index (χ1v) is 13.6. The molecule has 4 rings (SSSR count). The maximum atomic E-state index is 13.6. The summed E-state index contributed by atoms with van der Waals surface area (Å²) in [4.78, 5) is 23.5. The monoisotopic (exact) mass is 531 g/mol. The third-order valence-electron chi connectivity index (χ3n) is 6.18. The molecule has 38 heavy (non-hydrogen) atoms. The van der Waals surface area contributed by atoms with Gasteiger partial charge in [0.1, 0.15) is 0 Å². The molecule has 9 heteroatoms. The molecule has 0 saturated heterocycles. The van der Waals surface area contributed by atoms with Crippen molar-refractivity contribution in [3.63, 3.8) is 0 Å². The van der Waals surface area contributed by atoms with E-state index in [2.05, 4.69) is 15.4 Å². The van der Waals surface area contributed by atoms with Crippen LogP contribution in [0.15, 0.2) is 114 Å². The number of carbonyl (C=O) groups is 2. The van der Waals surface area contributed by atoms with Crippen molar-refractivity contribution >= 4 is 27.7 Å². The molecule has 0 aliphatic heterocycles. The Balaban J connectivity index is 1.53. The molecule has 0 saturated carbocycles. The normalized spacial score (nSPS) is 16.9. The van der Waals surface area contributed by atoms with Gasteiger partial charge in [0, 0.05) is 18.7 Å². The fraction of sp³-hybridized carbons (Fsp3) is 0.172. The zero-order chi connectivity index (χ0) is 27.0. The molecular weight excluding hydrogens is 502 g/mol. The van der Waals surface area contributed by atoms with Gasteiger partial charge in [-0.1, -0.05) is 90.5 Å². The minimum absolute atomic E-state index is 0.0105. The Hall–Kier alpha value is -4.21. The zero-order valence-electron chi connectivity index (χ0n) is 20.6. The van der Waals surface area contributed by atoms with Crippen molar-refractivity contribution in [1.29, 1.82) is 0 Å². The van der Waals surface area contributed by atoms with Crippen molar-refractivity contribution in [1.82, 2.24) is 10.0 Å². The van der Waals surface area contributed by atoms with E-state index in [4.69, 9.17) is 5.11 Å². The molecule has 1 unspecified atom stereocenters. The first-order chi connectivity index (χ1) is 18.3. The Morgan fingerprint density at radius 1 is 0.921 bits per heavy atom. The van der Waals surface area contributed by atoms with Crippen molar-refractivity contribution < 1.29 is 23.1 Å². The number of carboxylic acids is 1. The Labute approximate surface area is 222 Å². The second kappa shape index (κ2) is 11.9. The number of aliphatic carboxylic acids is 1. The predicted molar refractivity (Wildman–Crippen MR) is 146 cm³/mol. The van der Waals surface area contributed by atoms with E-state index in [0.29, 0.717) is 25.1 Å². The van der Waals surface area contributed by atoms with E-state index < -0.39 is 27.6 Å². The summed E-state index contributed by atoms with van der Waals surface area (Å²) in [7, 11) is -4.05. The molecule has 0 bridgehead atoms. The van der Waals surface area contributed by atoms with Gasteiger partial charge in [-0.05, 0) is 42.2 Å². The molecule has 1 atom stereocenters. The van der Waals surface area contributed by atoms with Crippen LogP contribution < -0.4 is 15.4 Å². The number of allylic oxidation sites excluding steroid dienone is 2. The van der Waals surface area contributed by atoms with Gasteiger partial charge in [-0.2, -0.15) is 4.72 Å². The average molecular weight is 532 g/mol. The number of benzene rings is 3. The summed E-state index contributed by atoms with van der Waals surface area (Å²) in [6, 6.07) is 24.2. The highest BCUT2D eigenvalue weighted by molar-refractivity contribution is 7.89. The Bertz CT molecular complexity index is 1450. The average Bonchev–Trinajstić information content (AvgIpc) is 2.92. The van der Waals surface area contributed by atoms with Gasteiger partial charge in [-0.3, -0.25) is 4.79 Å². The first kappa shape index (κ1) is 26.8. The SMILES string of the molecule is O=C(O)CCC1=CC=CC(NS(=O)(=O)c2cccc(NC(=O)NCc3ccccc3)c2)(c2ccccc2)C1. The van der Waals surface area contributed by atoms with Gasteiger partial charge in [-0.25, -0.2) is 13.2 Å². The Morgan fingerprint density at radius 3 is 2.34 bits per heavy atom. The number of anilines is 1. The molecule has 0 spiro atoms. The van der Waals surface area contributed by atoms with E-state index in [1.54, 1.807) is 24.3 Å². The maximum absolute atomic E-state index is 13.6. The summed E-state index contributed by atoms with van der Waals surface area (Å²) < 4.78 is 30.1. The molecule has 0 radical (unpaired) electrons. The molecule has 1 aliphatic rings. The van der Waals surface area contributed by atoms with Crippen molar-refractivity contribution in [2.75, 3.05) is 5.32 Å². The summed E-state index contributed by atoms with van der Waals surface area (Å²) in [5, 5.41) is 14.5. The standard InChI is InChI=1S/C29H29N3O5S/c33-27(34)17-16-22-11-8-18-29(20-22,24-12-5-2-6-13-24)32-38(36,37)26-15-7-14-25(19-26)31-28(35)30-21-23-9-3-1-4-10-23/h1-15,18-19,32H,16-17,20-21H2,(H,33,34)(H2,30,31,35). The van der Waals surface area contributed by atoms with E-state index in [0.717, 1.165) is 16.7 Å². The highest BCUT2D eigenvalue weighted by Crippen LogP contribution is 2.36. The van der Waals surface area contributed by atoms with Crippen molar-refractivity contribution in [2.45, 2.75) is 36.2 Å². The van der Waals surface area contributed by atoms with Crippen LogP contribution >= 0.6 is 0 Å². The number of hydrogen-bond acceptors (Lipinski definition) is 4. The van der Waals surface area contributed by atoms with Gasteiger partial charge < -0.3 is 15.7 Å². The lowest BCUT2D eigenvalue weighted by atomic mass is 9.80. The second-order valence-corrected chi connectivity index (χ2v) is 10.7. The highest BCUT2D eigenvalue weighted by Gasteiger charge is 2.36. The van der Waals surface area contributed by atoms with Gasteiger partial charge in [0.25, 0.3) is 0 Å². The lowest BCUT2D eigenvalue weighted by Gasteiger charge is -2.35. The number of rotatable bonds is 10. The number of sulfonamides is 1. The molecule has 196 valence electrons. The summed E-state index contributed by atoms with van der Waals surface area (Å²) in [5.74, 6) is -0.913. The molecule has 1 aliphatic carbocycles. The van der Waals surface area contributed by atoms with E-state index >= 15 is 0 Å². The minimum Gasteiger partial charge on any atom is -0.481 e. The van der Waals surface area contributed by atoms with Crippen molar-refractivity contribution in [3.05, 3.63) is 120 Å². The molecule has 3 aromatic rings. The second-order valence-electron chi connectivity index (χ2n) is 9.02. The number of amides is 2.